The van der Waals surface area contributed by atoms with Gasteiger partial charge in [0.25, 0.3) is 5.56 Å². The fraction of sp³-hybridized carbons (Fsp3) is 0.0714. The normalized spacial score (nSPS) is 10.5. The Balaban J connectivity index is 1.83. The standard InChI is InChI=1S/C14H8ClN3O2S/c15-9-5-8(6-16)1-2-11(9)20-7-12-17-10-3-4-21-13(10)14(19)18-12/h1-5H,7H2,(H,17,18,19). The zero-order valence-electron chi connectivity index (χ0n) is 10.6. The van der Waals surface area contributed by atoms with Crippen LogP contribution in [0, 0.1) is 11.3 Å². The number of nitrogens with one attached hydrogen (secondary N) is 1. The van der Waals surface area contributed by atoms with Gasteiger partial charge >= 0.3 is 0 Å². The van der Waals surface area contributed by atoms with Crippen LogP contribution in [0.5, 0.6) is 5.75 Å². The van der Waals surface area contributed by atoms with Crippen LogP contribution >= 0.6 is 22.9 Å². The minimum Gasteiger partial charge on any atom is -0.484 e. The number of benzene rings is 1. The van der Waals surface area contributed by atoms with Gasteiger partial charge in [0.1, 0.15) is 22.9 Å². The zero-order chi connectivity index (χ0) is 14.8. The molecule has 0 aliphatic heterocycles. The number of aromatic nitrogens is 2. The quantitative estimate of drug-likeness (QED) is 0.805. The molecular weight excluding hydrogens is 310 g/mol. The van der Waals surface area contributed by atoms with Gasteiger partial charge in [-0.05, 0) is 29.6 Å². The average molecular weight is 318 g/mol. The van der Waals surface area contributed by atoms with Crippen LogP contribution in [0.4, 0.5) is 0 Å². The molecule has 3 aromatic rings. The van der Waals surface area contributed by atoms with E-state index in [1.54, 1.807) is 18.2 Å². The molecule has 0 aliphatic carbocycles. The van der Waals surface area contributed by atoms with Crippen LogP contribution < -0.4 is 10.3 Å². The van der Waals surface area contributed by atoms with Crippen molar-refractivity contribution < 1.29 is 4.74 Å². The summed E-state index contributed by atoms with van der Waals surface area (Å²) in [4.78, 5) is 18.8. The second-order valence-corrected chi connectivity index (χ2v) is 5.52. The fourth-order valence-corrected chi connectivity index (χ4v) is 2.78. The van der Waals surface area contributed by atoms with E-state index in [-0.39, 0.29) is 12.2 Å². The summed E-state index contributed by atoms with van der Waals surface area (Å²) in [5.74, 6) is 0.857. The summed E-state index contributed by atoms with van der Waals surface area (Å²) in [5, 5.41) is 10.9. The molecule has 1 aromatic carbocycles. The Bertz CT molecular complexity index is 910. The van der Waals surface area contributed by atoms with Crippen LogP contribution in [0.25, 0.3) is 10.2 Å². The van der Waals surface area contributed by atoms with E-state index in [1.807, 2.05) is 11.4 Å². The van der Waals surface area contributed by atoms with E-state index in [4.69, 9.17) is 21.6 Å². The Morgan fingerprint density at radius 3 is 3.05 bits per heavy atom. The minimum absolute atomic E-state index is 0.0899. The molecule has 2 heterocycles. The monoisotopic (exact) mass is 317 g/mol. The number of hydrogen-bond acceptors (Lipinski definition) is 5. The number of hydrogen-bond donors (Lipinski definition) is 1. The van der Waals surface area contributed by atoms with Gasteiger partial charge in [-0.15, -0.1) is 11.3 Å². The van der Waals surface area contributed by atoms with Crippen molar-refractivity contribution in [3.8, 4) is 11.8 Å². The van der Waals surface area contributed by atoms with Crippen molar-refractivity contribution in [2.24, 2.45) is 0 Å². The summed E-state index contributed by atoms with van der Waals surface area (Å²) in [6.07, 6.45) is 0. The smallest absolute Gasteiger partial charge is 0.268 e. The SMILES string of the molecule is N#Cc1ccc(OCc2nc3ccsc3c(=O)[nH]2)c(Cl)c1. The number of ether oxygens (including phenoxy) is 1. The molecule has 0 saturated carbocycles. The average Bonchev–Trinajstić information content (AvgIpc) is 2.95. The number of aromatic amines is 1. The lowest BCUT2D eigenvalue weighted by molar-refractivity contribution is 0.296. The molecule has 0 bridgehead atoms. The number of nitrogens with zero attached hydrogens (tertiary/aromatic N) is 2. The topological polar surface area (TPSA) is 78.8 Å². The molecular formula is C14H8ClN3O2S. The molecule has 2 aromatic heterocycles. The highest BCUT2D eigenvalue weighted by atomic mass is 35.5. The first-order valence-electron chi connectivity index (χ1n) is 5.96. The summed E-state index contributed by atoms with van der Waals surface area (Å²) in [7, 11) is 0. The van der Waals surface area contributed by atoms with Gasteiger partial charge in [0.2, 0.25) is 0 Å². The lowest BCUT2D eigenvalue weighted by atomic mass is 10.2. The predicted octanol–water partition coefficient (Wildman–Crippen LogP) is 3.09. The van der Waals surface area contributed by atoms with E-state index >= 15 is 0 Å². The Labute approximate surface area is 128 Å². The third kappa shape index (κ3) is 2.75. The van der Waals surface area contributed by atoms with E-state index < -0.39 is 0 Å². The van der Waals surface area contributed by atoms with E-state index in [2.05, 4.69) is 9.97 Å². The number of thiophene rings is 1. The molecule has 0 saturated heterocycles. The Morgan fingerprint density at radius 1 is 1.43 bits per heavy atom. The largest absolute Gasteiger partial charge is 0.484 e. The first-order valence-corrected chi connectivity index (χ1v) is 7.22. The van der Waals surface area contributed by atoms with Crippen molar-refractivity contribution in [2.45, 2.75) is 6.61 Å². The van der Waals surface area contributed by atoms with Gasteiger partial charge in [0.05, 0.1) is 22.2 Å². The molecule has 0 atom stereocenters. The maximum atomic E-state index is 11.8. The van der Waals surface area contributed by atoms with Crippen molar-refractivity contribution >= 4 is 33.2 Å². The zero-order valence-corrected chi connectivity index (χ0v) is 12.2. The number of halogens is 1. The van der Waals surface area contributed by atoms with E-state index in [9.17, 15) is 4.79 Å². The number of rotatable bonds is 3. The van der Waals surface area contributed by atoms with E-state index in [0.717, 1.165) is 0 Å². The molecule has 0 amide bonds. The minimum atomic E-state index is -0.181. The molecule has 0 fully saturated rings. The highest BCUT2D eigenvalue weighted by molar-refractivity contribution is 7.17. The first-order chi connectivity index (χ1) is 10.2. The summed E-state index contributed by atoms with van der Waals surface area (Å²) < 4.78 is 6.12. The van der Waals surface area contributed by atoms with Crippen LogP contribution in [0.2, 0.25) is 5.02 Å². The summed E-state index contributed by atoms with van der Waals surface area (Å²) in [5.41, 5.74) is 0.923. The van der Waals surface area contributed by atoms with Crippen molar-refractivity contribution in [1.82, 2.24) is 9.97 Å². The van der Waals surface area contributed by atoms with E-state index in [0.29, 0.717) is 32.4 Å². The Kier molecular flexibility index (Phi) is 3.60. The van der Waals surface area contributed by atoms with Gasteiger partial charge in [-0.1, -0.05) is 11.6 Å². The molecule has 21 heavy (non-hydrogen) atoms. The molecule has 104 valence electrons. The second kappa shape index (κ2) is 5.56. The summed E-state index contributed by atoms with van der Waals surface area (Å²) >= 11 is 7.36. The van der Waals surface area contributed by atoms with Gasteiger partial charge in [0.15, 0.2) is 0 Å². The lowest BCUT2D eigenvalue weighted by Crippen LogP contribution is -2.12. The van der Waals surface area contributed by atoms with Gasteiger partial charge in [0, 0.05) is 0 Å². The predicted molar refractivity (Wildman–Crippen MR) is 80.7 cm³/mol. The fourth-order valence-electron chi connectivity index (χ4n) is 1.82. The maximum Gasteiger partial charge on any atom is 0.268 e. The first kappa shape index (κ1) is 13.6. The van der Waals surface area contributed by atoms with E-state index in [1.165, 1.54) is 17.4 Å². The van der Waals surface area contributed by atoms with Crippen LogP contribution in [0.1, 0.15) is 11.4 Å². The molecule has 7 heteroatoms. The van der Waals surface area contributed by atoms with Crippen LogP contribution in [-0.4, -0.2) is 9.97 Å². The van der Waals surface area contributed by atoms with Crippen molar-refractivity contribution in [3.63, 3.8) is 0 Å². The van der Waals surface area contributed by atoms with Gasteiger partial charge < -0.3 is 9.72 Å². The third-order valence-electron chi connectivity index (χ3n) is 2.79. The van der Waals surface area contributed by atoms with Crippen LogP contribution in [0.3, 0.4) is 0 Å². The van der Waals surface area contributed by atoms with Crippen molar-refractivity contribution in [1.29, 1.82) is 5.26 Å². The number of fused-ring (bicyclic) bond motifs is 1. The number of H-pyrrole nitrogens is 1. The Morgan fingerprint density at radius 2 is 2.29 bits per heavy atom. The molecule has 3 rings (SSSR count). The third-order valence-corrected chi connectivity index (χ3v) is 3.99. The Hall–Kier alpha value is -2.36. The van der Waals surface area contributed by atoms with Crippen LogP contribution in [0.15, 0.2) is 34.4 Å². The van der Waals surface area contributed by atoms with Crippen molar-refractivity contribution in [3.05, 3.63) is 56.4 Å². The highest BCUT2D eigenvalue weighted by Crippen LogP contribution is 2.25. The van der Waals surface area contributed by atoms with Gasteiger partial charge in [-0.2, -0.15) is 5.26 Å². The molecule has 5 nitrogen and oxygen atoms in total. The summed E-state index contributed by atoms with van der Waals surface area (Å²) in [6.45, 7) is 0.0899. The molecule has 0 unspecified atom stereocenters. The second-order valence-electron chi connectivity index (χ2n) is 4.19. The highest BCUT2D eigenvalue weighted by Gasteiger charge is 2.07. The lowest BCUT2D eigenvalue weighted by Gasteiger charge is -2.07. The van der Waals surface area contributed by atoms with Crippen molar-refractivity contribution in [2.75, 3.05) is 0 Å². The molecule has 1 N–H and O–H groups in total. The van der Waals surface area contributed by atoms with Crippen LogP contribution in [-0.2, 0) is 6.61 Å². The molecule has 0 radical (unpaired) electrons. The molecule has 0 spiro atoms. The molecule has 0 aliphatic rings. The maximum absolute atomic E-state index is 11.8. The van der Waals surface area contributed by atoms with Gasteiger partial charge in [-0.25, -0.2) is 4.98 Å². The van der Waals surface area contributed by atoms with Gasteiger partial charge in [-0.3, -0.25) is 4.79 Å². The summed E-state index contributed by atoms with van der Waals surface area (Å²) in [6, 6.07) is 8.53. The number of nitriles is 1.